The number of fused-ring (bicyclic) bond motifs is 1. The van der Waals surface area contributed by atoms with Gasteiger partial charge in [0.25, 0.3) is 0 Å². The third-order valence-corrected chi connectivity index (χ3v) is 4.08. The quantitative estimate of drug-likeness (QED) is 0.908. The first kappa shape index (κ1) is 13.8. The van der Waals surface area contributed by atoms with E-state index in [-0.39, 0.29) is 17.8 Å². The molecular weight excluding hydrogens is 271 g/mol. The van der Waals surface area contributed by atoms with Gasteiger partial charge in [-0.3, -0.25) is 4.79 Å². The molecule has 2 N–H and O–H groups in total. The van der Waals surface area contributed by atoms with Crippen LogP contribution in [0.2, 0.25) is 0 Å². The van der Waals surface area contributed by atoms with Crippen LogP contribution in [-0.2, 0) is 4.79 Å². The summed E-state index contributed by atoms with van der Waals surface area (Å²) in [4.78, 5) is 15.3. The number of aliphatic carboxylic acids is 1. The van der Waals surface area contributed by atoms with Crippen molar-refractivity contribution in [3.8, 4) is 0 Å². The van der Waals surface area contributed by atoms with E-state index >= 15 is 0 Å². The number of benzene rings is 1. The number of aromatic nitrogens is 1. The highest BCUT2D eigenvalue weighted by molar-refractivity contribution is 5.80. The van der Waals surface area contributed by atoms with Crippen molar-refractivity contribution in [2.75, 3.05) is 5.32 Å². The Balaban J connectivity index is 1.69. The van der Waals surface area contributed by atoms with Gasteiger partial charge in [0.2, 0.25) is 0 Å². The lowest BCUT2D eigenvalue weighted by atomic mass is 9.86. The van der Waals surface area contributed by atoms with E-state index in [4.69, 9.17) is 5.11 Å². The molecule has 5 heteroatoms. The normalized spacial score (nSPS) is 22.1. The molecule has 21 heavy (non-hydrogen) atoms. The van der Waals surface area contributed by atoms with Gasteiger partial charge in [-0.25, -0.2) is 9.37 Å². The molecule has 0 amide bonds. The molecule has 4 nitrogen and oxygen atoms in total. The molecule has 0 radical (unpaired) electrons. The number of nitrogens with one attached hydrogen (secondary N) is 1. The third kappa shape index (κ3) is 3.12. The summed E-state index contributed by atoms with van der Waals surface area (Å²) in [7, 11) is 0. The molecule has 0 saturated heterocycles. The van der Waals surface area contributed by atoms with E-state index in [9.17, 15) is 9.18 Å². The van der Waals surface area contributed by atoms with Crippen LogP contribution in [0.4, 0.5) is 10.2 Å². The van der Waals surface area contributed by atoms with Gasteiger partial charge in [-0.05, 0) is 49.9 Å². The molecule has 1 aliphatic rings. The molecule has 1 fully saturated rings. The zero-order chi connectivity index (χ0) is 14.8. The fourth-order valence-corrected chi connectivity index (χ4v) is 2.86. The van der Waals surface area contributed by atoms with Crippen molar-refractivity contribution in [3.05, 3.63) is 36.1 Å². The summed E-state index contributed by atoms with van der Waals surface area (Å²) in [5, 5.41) is 13.2. The van der Waals surface area contributed by atoms with Gasteiger partial charge >= 0.3 is 5.97 Å². The van der Waals surface area contributed by atoms with E-state index in [1.807, 2.05) is 12.1 Å². The Hall–Kier alpha value is -2.17. The first-order valence-corrected chi connectivity index (χ1v) is 7.17. The average molecular weight is 288 g/mol. The van der Waals surface area contributed by atoms with Crippen LogP contribution in [0.3, 0.4) is 0 Å². The van der Waals surface area contributed by atoms with Crippen molar-refractivity contribution < 1.29 is 14.3 Å². The van der Waals surface area contributed by atoms with E-state index < -0.39 is 5.97 Å². The number of carbonyl (C=O) groups is 1. The first-order chi connectivity index (χ1) is 10.1. The van der Waals surface area contributed by atoms with E-state index in [2.05, 4.69) is 10.3 Å². The zero-order valence-corrected chi connectivity index (χ0v) is 11.6. The molecule has 1 aliphatic carbocycles. The van der Waals surface area contributed by atoms with Gasteiger partial charge in [-0.2, -0.15) is 0 Å². The Labute approximate surface area is 122 Å². The summed E-state index contributed by atoms with van der Waals surface area (Å²) < 4.78 is 13.2. The second kappa shape index (κ2) is 5.68. The summed E-state index contributed by atoms with van der Waals surface area (Å²) in [6.45, 7) is 0. The summed E-state index contributed by atoms with van der Waals surface area (Å²) >= 11 is 0. The molecule has 0 spiro atoms. The molecule has 2 aromatic rings. The van der Waals surface area contributed by atoms with Gasteiger partial charge in [-0.1, -0.05) is 0 Å². The summed E-state index contributed by atoms with van der Waals surface area (Å²) in [5.74, 6) is -0.504. The standard InChI is InChI=1S/C16H17FN2O2/c17-12-5-1-10-4-8-15(19-14(10)9-12)18-13-6-2-11(3-7-13)16(20)21/h1,4-5,8-9,11,13H,2-3,6-7H2,(H,18,19)(H,20,21). The molecule has 1 aromatic carbocycles. The molecule has 0 bridgehead atoms. The minimum absolute atomic E-state index is 0.221. The van der Waals surface area contributed by atoms with E-state index in [1.54, 1.807) is 6.07 Å². The van der Waals surface area contributed by atoms with Gasteiger partial charge in [0.15, 0.2) is 0 Å². The van der Waals surface area contributed by atoms with Crippen LogP contribution < -0.4 is 5.32 Å². The second-order valence-electron chi connectivity index (χ2n) is 5.56. The lowest BCUT2D eigenvalue weighted by Gasteiger charge is -2.27. The maximum absolute atomic E-state index is 13.2. The largest absolute Gasteiger partial charge is 0.481 e. The Kier molecular flexibility index (Phi) is 3.73. The lowest BCUT2D eigenvalue weighted by Crippen LogP contribution is -2.29. The van der Waals surface area contributed by atoms with E-state index in [0.717, 1.165) is 18.2 Å². The van der Waals surface area contributed by atoms with Crippen molar-refractivity contribution in [1.82, 2.24) is 4.98 Å². The Bertz CT molecular complexity index is 666. The van der Waals surface area contributed by atoms with E-state index in [1.165, 1.54) is 12.1 Å². The van der Waals surface area contributed by atoms with Gasteiger partial charge in [0, 0.05) is 17.5 Å². The minimum atomic E-state index is -0.701. The number of pyridine rings is 1. The smallest absolute Gasteiger partial charge is 0.306 e. The van der Waals surface area contributed by atoms with Crippen molar-refractivity contribution >= 4 is 22.7 Å². The van der Waals surface area contributed by atoms with Gasteiger partial charge in [-0.15, -0.1) is 0 Å². The van der Waals surface area contributed by atoms with Crippen LogP contribution in [0.5, 0.6) is 0 Å². The van der Waals surface area contributed by atoms with Crippen LogP contribution in [-0.4, -0.2) is 22.1 Å². The third-order valence-electron chi connectivity index (χ3n) is 4.08. The van der Waals surface area contributed by atoms with Crippen LogP contribution in [0.1, 0.15) is 25.7 Å². The monoisotopic (exact) mass is 288 g/mol. The predicted molar refractivity (Wildman–Crippen MR) is 78.7 cm³/mol. The summed E-state index contributed by atoms with van der Waals surface area (Å²) in [6.07, 6.45) is 3.02. The lowest BCUT2D eigenvalue weighted by molar-refractivity contribution is -0.142. The highest BCUT2D eigenvalue weighted by atomic mass is 19.1. The highest BCUT2D eigenvalue weighted by Gasteiger charge is 2.25. The number of hydrogen-bond donors (Lipinski definition) is 2. The van der Waals surface area contributed by atoms with Crippen LogP contribution in [0, 0.1) is 11.7 Å². The first-order valence-electron chi connectivity index (χ1n) is 7.17. The van der Waals surface area contributed by atoms with Crippen LogP contribution in [0.15, 0.2) is 30.3 Å². The van der Waals surface area contributed by atoms with Gasteiger partial charge in [0.1, 0.15) is 11.6 Å². The van der Waals surface area contributed by atoms with Crippen molar-refractivity contribution in [2.45, 2.75) is 31.7 Å². The molecule has 110 valence electrons. The number of anilines is 1. The molecule has 1 saturated carbocycles. The maximum atomic E-state index is 13.2. The molecule has 3 rings (SSSR count). The fraction of sp³-hybridized carbons (Fsp3) is 0.375. The SMILES string of the molecule is O=C(O)C1CCC(Nc2ccc3ccc(F)cc3n2)CC1. The Morgan fingerprint density at radius 1 is 1.19 bits per heavy atom. The van der Waals surface area contributed by atoms with Crippen molar-refractivity contribution in [3.63, 3.8) is 0 Å². The van der Waals surface area contributed by atoms with E-state index in [0.29, 0.717) is 24.2 Å². The number of carboxylic acid groups (broad SMARTS) is 1. The Morgan fingerprint density at radius 2 is 1.90 bits per heavy atom. The number of hydrogen-bond acceptors (Lipinski definition) is 3. The van der Waals surface area contributed by atoms with Crippen LogP contribution in [0.25, 0.3) is 10.9 Å². The maximum Gasteiger partial charge on any atom is 0.306 e. The number of rotatable bonds is 3. The fourth-order valence-electron chi connectivity index (χ4n) is 2.86. The number of halogens is 1. The second-order valence-corrected chi connectivity index (χ2v) is 5.56. The molecule has 0 atom stereocenters. The molecular formula is C16H17FN2O2. The van der Waals surface area contributed by atoms with Gasteiger partial charge in [0.05, 0.1) is 11.4 Å². The molecule has 1 aromatic heterocycles. The minimum Gasteiger partial charge on any atom is -0.481 e. The predicted octanol–water partition coefficient (Wildman–Crippen LogP) is 3.43. The molecule has 0 aliphatic heterocycles. The number of carboxylic acids is 1. The average Bonchev–Trinajstić information content (AvgIpc) is 2.47. The van der Waals surface area contributed by atoms with Gasteiger partial charge < -0.3 is 10.4 Å². The summed E-state index contributed by atoms with van der Waals surface area (Å²) in [5.41, 5.74) is 0.624. The van der Waals surface area contributed by atoms with Crippen LogP contribution >= 0.6 is 0 Å². The summed E-state index contributed by atoms with van der Waals surface area (Å²) in [6, 6.07) is 8.57. The van der Waals surface area contributed by atoms with Crippen molar-refractivity contribution in [2.24, 2.45) is 5.92 Å². The molecule has 1 heterocycles. The van der Waals surface area contributed by atoms with Crippen molar-refractivity contribution in [1.29, 1.82) is 0 Å². The zero-order valence-electron chi connectivity index (χ0n) is 11.6. The topological polar surface area (TPSA) is 62.2 Å². The highest BCUT2D eigenvalue weighted by Crippen LogP contribution is 2.27. The number of nitrogens with zero attached hydrogens (tertiary/aromatic N) is 1. The Morgan fingerprint density at radius 3 is 2.62 bits per heavy atom. The molecule has 0 unspecified atom stereocenters.